The topological polar surface area (TPSA) is 46.2 Å². The van der Waals surface area contributed by atoms with Crippen LogP contribution in [0.25, 0.3) is 0 Å². The van der Waals surface area contributed by atoms with Gasteiger partial charge in [-0.25, -0.2) is 0 Å². The molecule has 2 atom stereocenters. The number of carbonyl (C=O) groups excluding carboxylic acids is 2. The fourth-order valence-corrected chi connectivity index (χ4v) is 1.97. The SMILES string of the molecule is CSC1CC(=O)NC(=O)C1C. The van der Waals surface area contributed by atoms with Crippen LogP contribution in [0, 0.1) is 5.92 Å². The van der Waals surface area contributed by atoms with Crippen LogP contribution < -0.4 is 5.32 Å². The Morgan fingerprint density at radius 3 is 2.73 bits per heavy atom. The van der Waals surface area contributed by atoms with Crippen molar-refractivity contribution in [2.24, 2.45) is 5.92 Å². The summed E-state index contributed by atoms with van der Waals surface area (Å²) in [6, 6.07) is 0. The van der Waals surface area contributed by atoms with Crippen molar-refractivity contribution in [2.45, 2.75) is 18.6 Å². The van der Waals surface area contributed by atoms with Gasteiger partial charge in [-0.2, -0.15) is 11.8 Å². The molecular formula is C7H11NO2S. The van der Waals surface area contributed by atoms with Gasteiger partial charge in [-0.15, -0.1) is 0 Å². The first-order valence-electron chi connectivity index (χ1n) is 3.51. The Labute approximate surface area is 69.9 Å². The summed E-state index contributed by atoms with van der Waals surface area (Å²) in [5.41, 5.74) is 0. The number of imide groups is 1. The van der Waals surface area contributed by atoms with Gasteiger partial charge >= 0.3 is 0 Å². The van der Waals surface area contributed by atoms with Gasteiger partial charge < -0.3 is 0 Å². The van der Waals surface area contributed by atoms with E-state index >= 15 is 0 Å². The fraction of sp³-hybridized carbons (Fsp3) is 0.714. The number of amides is 2. The summed E-state index contributed by atoms with van der Waals surface area (Å²) in [7, 11) is 0. The average Bonchev–Trinajstić information content (AvgIpc) is 1.96. The molecule has 2 amide bonds. The first-order chi connectivity index (χ1) is 5.15. The van der Waals surface area contributed by atoms with Crippen LogP contribution in [0.3, 0.4) is 0 Å². The lowest BCUT2D eigenvalue weighted by atomic mass is 10.00. The highest BCUT2D eigenvalue weighted by Gasteiger charge is 2.31. The number of thioether (sulfide) groups is 1. The molecule has 2 unspecified atom stereocenters. The minimum Gasteiger partial charge on any atom is -0.296 e. The van der Waals surface area contributed by atoms with E-state index in [9.17, 15) is 9.59 Å². The molecule has 0 bridgehead atoms. The van der Waals surface area contributed by atoms with Gasteiger partial charge in [-0.05, 0) is 6.26 Å². The van der Waals surface area contributed by atoms with Crippen molar-refractivity contribution in [2.75, 3.05) is 6.26 Å². The largest absolute Gasteiger partial charge is 0.296 e. The van der Waals surface area contributed by atoms with Crippen molar-refractivity contribution < 1.29 is 9.59 Å². The molecule has 4 heteroatoms. The van der Waals surface area contributed by atoms with Gasteiger partial charge in [0.2, 0.25) is 11.8 Å². The molecule has 11 heavy (non-hydrogen) atoms. The van der Waals surface area contributed by atoms with Crippen molar-refractivity contribution in [3.8, 4) is 0 Å². The number of piperidine rings is 1. The molecule has 0 aromatic rings. The Balaban J connectivity index is 2.66. The molecule has 0 aliphatic carbocycles. The predicted octanol–water partition coefficient (Wildman–Crippen LogP) is 0.401. The molecular weight excluding hydrogens is 162 g/mol. The van der Waals surface area contributed by atoms with E-state index < -0.39 is 0 Å². The van der Waals surface area contributed by atoms with Crippen molar-refractivity contribution >= 4 is 23.6 Å². The van der Waals surface area contributed by atoms with E-state index in [4.69, 9.17) is 0 Å². The fourth-order valence-electron chi connectivity index (χ4n) is 1.12. The lowest BCUT2D eigenvalue weighted by Crippen LogP contribution is -2.45. The van der Waals surface area contributed by atoms with E-state index in [0.717, 1.165) is 0 Å². The molecule has 0 saturated carbocycles. The van der Waals surface area contributed by atoms with Gasteiger partial charge in [-0.1, -0.05) is 6.92 Å². The minimum atomic E-state index is -0.146. The Bertz CT molecular complexity index is 193. The summed E-state index contributed by atoms with van der Waals surface area (Å²) in [5.74, 6) is -0.323. The molecule has 62 valence electrons. The molecule has 3 nitrogen and oxygen atoms in total. The van der Waals surface area contributed by atoms with Crippen LogP contribution in [0.2, 0.25) is 0 Å². The van der Waals surface area contributed by atoms with E-state index in [-0.39, 0.29) is 23.0 Å². The van der Waals surface area contributed by atoms with Crippen LogP contribution in [0.15, 0.2) is 0 Å². The second-order valence-corrected chi connectivity index (χ2v) is 3.76. The number of hydrogen-bond donors (Lipinski definition) is 1. The molecule has 1 heterocycles. The molecule has 1 saturated heterocycles. The lowest BCUT2D eigenvalue weighted by molar-refractivity contribution is -0.135. The molecule has 1 rings (SSSR count). The van der Waals surface area contributed by atoms with Gasteiger partial charge in [0.15, 0.2) is 0 Å². The van der Waals surface area contributed by atoms with Crippen molar-refractivity contribution in [1.82, 2.24) is 5.32 Å². The van der Waals surface area contributed by atoms with E-state index in [1.54, 1.807) is 11.8 Å². The molecule has 1 N–H and O–H groups in total. The van der Waals surface area contributed by atoms with Crippen LogP contribution in [0.1, 0.15) is 13.3 Å². The minimum absolute atomic E-state index is 0.0392. The zero-order valence-electron chi connectivity index (χ0n) is 6.59. The standard InChI is InChI=1S/C7H11NO2S/c1-4-5(11-2)3-6(9)8-7(4)10/h4-5H,3H2,1-2H3,(H,8,9,10). The van der Waals surface area contributed by atoms with Crippen molar-refractivity contribution in [1.29, 1.82) is 0 Å². The maximum Gasteiger partial charge on any atom is 0.230 e. The first-order valence-corrected chi connectivity index (χ1v) is 4.80. The van der Waals surface area contributed by atoms with Gasteiger partial charge in [0.05, 0.1) is 0 Å². The van der Waals surface area contributed by atoms with E-state index in [1.165, 1.54) is 0 Å². The van der Waals surface area contributed by atoms with E-state index in [1.807, 2.05) is 13.2 Å². The summed E-state index contributed by atoms with van der Waals surface area (Å²) < 4.78 is 0. The molecule has 0 aromatic heterocycles. The zero-order valence-corrected chi connectivity index (χ0v) is 7.40. The molecule has 0 aromatic carbocycles. The first kappa shape index (κ1) is 8.59. The highest BCUT2D eigenvalue weighted by Crippen LogP contribution is 2.23. The van der Waals surface area contributed by atoms with Gasteiger partial charge in [0.25, 0.3) is 0 Å². The van der Waals surface area contributed by atoms with Gasteiger partial charge in [-0.3, -0.25) is 14.9 Å². The zero-order chi connectivity index (χ0) is 8.43. The van der Waals surface area contributed by atoms with Crippen molar-refractivity contribution in [3.05, 3.63) is 0 Å². The number of carbonyl (C=O) groups is 2. The van der Waals surface area contributed by atoms with E-state index in [2.05, 4.69) is 5.32 Å². The van der Waals surface area contributed by atoms with Crippen LogP contribution in [0.5, 0.6) is 0 Å². The summed E-state index contributed by atoms with van der Waals surface area (Å²) in [5, 5.41) is 2.47. The van der Waals surface area contributed by atoms with Gasteiger partial charge in [0.1, 0.15) is 0 Å². The van der Waals surface area contributed by atoms with Crippen LogP contribution in [-0.2, 0) is 9.59 Å². The second kappa shape index (κ2) is 3.26. The molecule has 1 aliphatic heterocycles. The Kier molecular flexibility index (Phi) is 2.54. The molecule has 0 spiro atoms. The number of hydrogen-bond acceptors (Lipinski definition) is 3. The second-order valence-electron chi connectivity index (χ2n) is 2.68. The average molecular weight is 173 g/mol. The summed E-state index contributed by atoms with van der Waals surface area (Å²) >= 11 is 1.58. The third kappa shape index (κ3) is 1.74. The quantitative estimate of drug-likeness (QED) is 0.584. The summed E-state index contributed by atoms with van der Waals surface area (Å²) in [6.07, 6.45) is 2.39. The smallest absolute Gasteiger partial charge is 0.230 e. The summed E-state index contributed by atoms with van der Waals surface area (Å²) in [4.78, 5) is 21.9. The Morgan fingerprint density at radius 1 is 1.55 bits per heavy atom. The monoisotopic (exact) mass is 173 g/mol. The maximum atomic E-state index is 11.0. The highest BCUT2D eigenvalue weighted by molar-refractivity contribution is 7.99. The molecule has 1 aliphatic rings. The highest BCUT2D eigenvalue weighted by atomic mass is 32.2. The van der Waals surface area contributed by atoms with E-state index in [0.29, 0.717) is 6.42 Å². The maximum absolute atomic E-state index is 11.0. The normalized spacial score (nSPS) is 31.8. The molecule has 1 fully saturated rings. The van der Waals surface area contributed by atoms with Crippen LogP contribution in [0.4, 0.5) is 0 Å². The number of nitrogens with one attached hydrogen (secondary N) is 1. The van der Waals surface area contributed by atoms with Crippen molar-refractivity contribution in [3.63, 3.8) is 0 Å². The predicted molar refractivity (Wildman–Crippen MR) is 44.2 cm³/mol. The third-order valence-corrected chi connectivity index (χ3v) is 3.10. The number of rotatable bonds is 1. The van der Waals surface area contributed by atoms with Gasteiger partial charge in [0, 0.05) is 17.6 Å². The third-order valence-electron chi connectivity index (χ3n) is 1.92. The van der Waals surface area contributed by atoms with Crippen LogP contribution in [-0.4, -0.2) is 23.3 Å². The molecule has 0 radical (unpaired) electrons. The Hall–Kier alpha value is -0.510. The lowest BCUT2D eigenvalue weighted by Gasteiger charge is -2.25. The summed E-state index contributed by atoms with van der Waals surface area (Å²) in [6.45, 7) is 1.85. The Morgan fingerprint density at radius 2 is 2.18 bits per heavy atom. The van der Waals surface area contributed by atoms with Crippen LogP contribution >= 0.6 is 11.8 Å².